The van der Waals surface area contributed by atoms with E-state index in [1.807, 2.05) is 0 Å². The van der Waals surface area contributed by atoms with E-state index in [2.05, 4.69) is 42.2 Å². The van der Waals surface area contributed by atoms with E-state index in [1.54, 1.807) is 12.1 Å². The lowest BCUT2D eigenvalue weighted by Crippen LogP contribution is -2.35. The summed E-state index contributed by atoms with van der Waals surface area (Å²) in [5, 5.41) is 11.9. The Morgan fingerprint density at radius 2 is 2.00 bits per heavy atom. The molecule has 1 amide bonds. The number of carbonyl (C=O) groups is 1. The molecule has 0 aliphatic carbocycles. The molecule has 0 radical (unpaired) electrons. The van der Waals surface area contributed by atoms with Crippen LogP contribution in [0.2, 0.25) is 0 Å². The first kappa shape index (κ1) is 15.4. The fraction of sp³-hybridized carbons (Fsp3) is 0.250. The minimum atomic E-state index is -2.89. The SMILES string of the molecule is O=C(NCC(O)C(F)F)c1c[nH]c2cc(Br)c(Br)cc12. The summed E-state index contributed by atoms with van der Waals surface area (Å²) in [6.45, 7) is -0.499. The molecule has 1 aromatic carbocycles. The van der Waals surface area contributed by atoms with Gasteiger partial charge in [-0.2, -0.15) is 0 Å². The third-order valence-corrected chi connectivity index (χ3v) is 4.57. The van der Waals surface area contributed by atoms with E-state index >= 15 is 0 Å². The van der Waals surface area contributed by atoms with Crippen molar-refractivity contribution in [1.29, 1.82) is 0 Å². The molecule has 1 unspecified atom stereocenters. The van der Waals surface area contributed by atoms with Gasteiger partial charge in [-0.25, -0.2) is 8.78 Å². The predicted molar refractivity (Wildman–Crippen MR) is 78.0 cm³/mol. The maximum atomic E-state index is 12.2. The molecule has 0 spiro atoms. The molecule has 2 aromatic rings. The molecule has 8 heteroatoms. The van der Waals surface area contributed by atoms with E-state index in [0.29, 0.717) is 10.9 Å². The molecule has 1 aromatic heterocycles. The Morgan fingerprint density at radius 3 is 2.65 bits per heavy atom. The number of rotatable bonds is 4. The first-order valence-corrected chi connectivity index (χ1v) is 7.19. The molecule has 3 N–H and O–H groups in total. The Bertz CT molecular complexity index is 646. The Hall–Kier alpha value is -0.990. The fourth-order valence-corrected chi connectivity index (χ4v) is 2.37. The zero-order valence-corrected chi connectivity index (χ0v) is 13.1. The van der Waals surface area contributed by atoms with E-state index in [-0.39, 0.29) is 0 Å². The van der Waals surface area contributed by atoms with Crippen LogP contribution in [0.4, 0.5) is 8.78 Å². The van der Waals surface area contributed by atoms with Gasteiger partial charge in [0.05, 0.1) is 5.56 Å². The van der Waals surface area contributed by atoms with Crippen molar-refractivity contribution in [2.75, 3.05) is 6.54 Å². The Labute approximate surface area is 129 Å². The van der Waals surface area contributed by atoms with Crippen molar-refractivity contribution in [3.8, 4) is 0 Å². The van der Waals surface area contributed by atoms with Gasteiger partial charge in [-0.3, -0.25) is 4.79 Å². The second-order valence-electron chi connectivity index (χ2n) is 4.13. The molecular weight excluding hydrogens is 402 g/mol. The normalized spacial score (nSPS) is 12.9. The van der Waals surface area contributed by atoms with Crippen LogP contribution in [0.3, 0.4) is 0 Å². The van der Waals surface area contributed by atoms with Gasteiger partial charge in [0.2, 0.25) is 0 Å². The zero-order valence-electron chi connectivity index (χ0n) is 9.96. The third kappa shape index (κ3) is 3.18. The third-order valence-electron chi connectivity index (χ3n) is 2.73. The maximum Gasteiger partial charge on any atom is 0.265 e. The lowest BCUT2D eigenvalue weighted by Gasteiger charge is -2.10. The van der Waals surface area contributed by atoms with Crippen LogP contribution in [-0.2, 0) is 0 Å². The highest BCUT2D eigenvalue weighted by Crippen LogP contribution is 2.30. The highest BCUT2D eigenvalue weighted by molar-refractivity contribution is 9.13. The van der Waals surface area contributed by atoms with Crippen LogP contribution >= 0.6 is 31.9 Å². The van der Waals surface area contributed by atoms with Crippen molar-refractivity contribution in [3.05, 3.63) is 32.8 Å². The van der Waals surface area contributed by atoms with Gasteiger partial charge in [-0.15, -0.1) is 0 Å². The molecule has 1 heterocycles. The maximum absolute atomic E-state index is 12.2. The number of aliphatic hydroxyl groups excluding tert-OH is 1. The van der Waals surface area contributed by atoms with Gasteiger partial charge in [0.25, 0.3) is 12.3 Å². The Morgan fingerprint density at radius 1 is 1.35 bits per heavy atom. The van der Waals surface area contributed by atoms with Gasteiger partial charge in [-0.1, -0.05) is 0 Å². The van der Waals surface area contributed by atoms with Crippen molar-refractivity contribution in [2.45, 2.75) is 12.5 Å². The quantitative estimate of drug-likeness (QED) is 0.723. The van der Waals surface area contributed by atoms with Gasteiger partial charge < -0.3 is 15.4 Å². The van der Waals surface area contributed by atoms with Gasteiger partial charge in [0, 0.05) is 32.6 Å². The number of hydrogen-bond donors (Lipinski definition) is 3. The fourth-order valence-electron chi connectivity index (χ4n) is 1.69. The first-order chi connectivity index (χ1) is 9.40. The average Bonchev–Trinajstić information content (AvgIpc) is 2.78. The number of aliphatic hydroxyl groups is 1. The minimum absolute atomic E-state index is 0.328. The summed E-state index contributed by atoms with van der Waals surface area (Å²) >= 11 is 6.68. The average molecular weight is 412 g/mol. The van der Waals surface area contributed by atoms with E-state index in [1.165, 1.54) is 6.20 Å². The molecule has 0 fully saturated rings. The lowest BCUT2D eigenvalue weighted by atomic mass is 10.1. The summed E-state index contributed by atoms with van der Waals surface area (Å²) in [5.41, 5.74) is 1.06. The summed E-state index contributed by atoms with van der Waals surface area (Å²) in [6.07, 6.45) is -3.26. The van der Waals surface area contributed by atoms with Crippen LogP contribution in [0.5, 0.6) is 0 Å². The lowest BCUT2D eigenvalue weighted by molar-refractivity contribution is -0.00269. The number of nitrogens with one attached hydrogen (secondary N) is 2. The number of benzene rings is 1. The number of aromatic amines is 1. The second-order valence-corrected chi connectivity index (χ2v) is 5.83. The Balaban J connectivity index is 2.20. The molecule has 20 heavy (non-hydrogen) atoms. The number of hydrogen-bond acceptors (Lipinski definition) is 2. The first-order valence-electron chi connectivity index (χ1n) is 5.60. The number of amides is 1. The summed E-state index contributed by atoms with van der Waals surface area (Å²) in [4.78, 5) is 14.9. The van der Waals surface area contributed by atoms with Crippen molar-refractivity contribution in [1.82, 2.24) is 10.3 Å². The van der Waals surface area contributed by atoms with Gasteiger partial charge in [-0.05, 0) is 44.0 Å². The largest absolute Gasteiger partial charge is 0.385 e. The van der Waals surface area contributed by atoms with Gasteiger partial charge >= 0.3 is 0 Å². The van der Waals surface area contributed by atoms with Crippen LogP contribution < -0.4 is 5.32 Å². The molecule has 2 rings (SSSR count). The second kappa shape index (κ2) is 6.19. The standard InChI is InChI=1S/C12H10Br2F2N2O2/c13-7-1-5-6(3-17-9(5)2-8(7)14)12(20)18-4-10(19)11(15)16/h1-3,10-11,17,19H,4H2,(H,18,20). The van der Waals surface area contributed by atoms with Crippen molar-refractivity contribution in [3.63, 3.8) is 0 Å². The minimum Gasteiger partial charge on any atom is -0.385 e. The molecule has 0 aliphatic heterocycles. The molecular formula is C12H10Br2F2N2O2. The zero-order chi connectivity index (χ0) is 14.9. The van der Waals surface area contributed by atoms with Gasteiger partial charge in [0.1, 0.15) is 6.10 Å². The van der Waals surface area contributed by atoms with E-state index < -0.39 is 25.0 Å². The number of alkyl halides is 2. The van der Waals surface area contributed by atoms with E-state index in [4.69, 9.17) is 5.11 Å². The Kier molecular flexibility index (Phi) is 4.77. The van der Waals surface area contributed by atoms with Crippen LogP contribution in [0.15, 0.2) is 27.3 Å². The molecule has 4 nitrogen and oxygen atoms in total. The molecule has 0 bridgehead atoms. The summed E-state index contributed by atoms with van der Waals surface area (Å²) in [6, 6.07) is 3.54. The molecule has 1 atom stereocenters. The van der Waals surface area contributed by atoms with Crippen LogP contribution in [-0.4, -0.2) is 35.1 Å². The van der Waals surface area contributed by atoms with E-state index in [0.717, 1.165) is 14.5 Å². The number of halogens is 4. The molecule has 108 valence electrons. The number of H-pyrrole nitrogens is 1. The molecule has 0 saturated heterocycles. The number of fused-ring (bicyclic) bond motifs is 1. The highest BCUT2D eigenvalue weighted by Gasteiger charge is 2.19. The summed E-state index contributed by atoms with van der Waals surface area (Å²) < 4.78 is 25.9. The van der Waals surface area contributed by atoms with E-state index in [9.17, 15) is 13.6 Å². The number of aromatic nitrogens is 1. The van der Waals surface area contributed by atoms with Crippen LogP contribution in [0.25, 0.3) is 10.9 Å². The molecule has 0 saturated carbocycles. The molecule has 0 aliphatic rings. The smallest absolute Gasteiger partial charge is 0.265 e. The topological polar surface area (TPSA) is 65.1 Å². The summed E-state index contributed by atoms with van der Waals surface area (Å²) in [5.74, 6) is -0.523. The van der Waals surface area contributed by atoms with Gasteiger partial charge in [0.15, 0.2) is 0 Å². The predicted octanol–water partition coefficient (Wildman–Crippen LogP) is 3.05. The summed E-state index contributed by atoms with van der Waals surface area (Å²) in [7, 11) is 0. The van der Waals surface area contributed by atoms with Crippen LogP contribution in [0.1, 0.15) is 10.4 Å². The van der Waals surface area contributed by atoms with Crippen molar-refractivity contribution in [2.24, 2.45) is 0 Å². The monoisotopic (exact) mass is 410 g/mol. The van der Waals surface area contributed by atoms with Crippen molar-refractivity contribution >= 4 is 48.7 Å². The highest BCUT2D eigenvalue weighted by atomic mass is 79.9. The number of carbonyl (C=O) groups excluding carboxylic acids is 1. The van der Waals surface area contributed by atoms with Crippen molar-refractivity contribution < 1.29 is 18.7 Å². The van der Waals surface area contributed by atoms with Crippen LogP contribution in [0, 0.1) is 0 Å².